The van der Waals surface area contributed by atoms with E-state index >= 15 is 0 Å². The Kier molecular flexibility index (Phi) is 18.2. The average Bonchev–Trinajstić information content (AvgIpc) is 3.21. The molecule has 3 aromatic carbocycles. The fraction of sp³-hybridized carbons (Fsp3) is 0.405. The van der Waals surface area contributed by atoms with Crippen molar-refractivity contribution < 1.29 is 41.7 Å². The fourth-order valence-corrected chi connectivity index (χ4v) is 5.79. The molecule has 1 heterocycles. The van der Waals surface area contributed by atoms with Gasteiger partial charge in [0.2, 0.25) is 0 Å². The summed E-state index contributed by atoms with van der Waals surface area (Å²) >= 11 is 0. The molecule has 4 aromatic rings. The van der Waals surface area contributed by atoms with Gasteiger partial charge in [0.05, 0.1) is 63.2 Å². The van der Waals surface area contributed by atoms with Gasteiger partial charge in [0, 0.05) is 61.4 Å². The maximum Gasteiger partial charge on any atom is 0.416 e. The molecule has 4 rings (SSSR count). The Hall–Kier alpha value is -4.86. The van der Waals surface area contributed by atoms with Crippen molar-refractivity contribution in [1.82, 2.24) is 10.3 Å². The number of rotatable bonds is 24. The standard InChI is InChI=1S/C42H52F3N5O6/c1-3-50(4-2)36-13-14-38(37(29-36)39-28-34(15-17-47-39)40(51)48-30-32-9-6-12-35(27-32)42(43,44)45)49-41(52)33-11-5-8-31(26-33)10-7-18-53-20-22-55-24-25-56-23-21-54-19-16-46/h5-6,8-9,11-15,17,26-29H,3-4,7,10,16,18-25,30,46H2,1-2H3,(H,48,51)(H,49,52). The van der Waals surface area contributed by atoms with Gasteiger partial charge in [-0.15, -0.1) is 0 Å². The maximum atomic E-state index is 13.6. The summed E-state index contributed by atoms with van der Waals surface area (Å²) in [6, 6.07) is 21.1. The van der Waals surface area contributed by atoms with Gasteiger partial charge in [0.1, 0.15) is 0 Å². The Bertz CT molecular complexity index is 1820. The van der Waals surface area contributed by atoms with Crippen LogP contribution in [-0.4, -0.2) is 89.3 Å². The van der Waals surface area contributed by atoms with Crippen molar-refractivity contribution in [3.63, 3.8) is 0 Å². The Morgan fingerprint density at radius 1 is 0.732 bits per heavy atom. The number of aromatic nitrogens is 1. The zero-order chi connectivity index (χ0) is 40.2. The van der Waals surface area contributed by atoms with Crippen LogP contribution in [0.15, 0.2) is 85.1 Å². The highest BCUT2D eigenvalue weighted by Gasteiger charge is 2.30. The maximum absolute atomic E-state index is 13.6. The number of carbonyl (C=O) groups is 2. The molecular formula is C42H52F3N5O6. The van der Waals surface area contributed by atoms with E-state index < -0.39 is 17.6 Å². The molecule has 4 N–H and O–H groups in total. The molecule has 2 amide bonds. The summed E-state index contributed by atoms with van der Waals surface area (Å²) in [4.78, 5) is 33.5. The molecule has 1 aromatic heterocycles. The molecule has 0 unspecified atom stereocenters. The Morgan fingerprint density at radius 2 is 1.38 bits per heavy atom. The molecule has 56 heavy (non-hydrogen) atoms. The Morgan fingerprint density at radius 3 is 2.05 bits per heavy atom. The minimum atomic E-state index is -4.49. The van der Waals surface area contributed by atoms with Gasteiger partial charge in [-0.2, -0.15) is 13.2 Å². The van der Waals surface area contributed by atoms with Crippen LogP contribution >= 0.6 is 0 Å². The number of carbonyl (C=O) groups excluding carboxylic acids is 2. The molecule has 0 aliphatic heterocycles. The highest BCUT2D eigenvalue weighted by molar-refractivity contribution is 6.06. The zero-order valence-electron chi connectivity index (χ0n) is 32.0. The minimum Gasteiger partial charge on any atom is -0.379 e. The van der Waals surface area contributed by atoms with E-state index in [1.54, 1.807) is 12.1 Å². The molecule has 0 atom stereocenters. The Labute approximate surface area is 326 Å². The van der Waals surface area contributed by atoms with Crippen LogP contribution in [0.5, 0.6) is 0 Å². The molecular weight excluding hydrogens is 727 g/mol. The number of ether oxygens (including phenoxy) is 4. The monoisotopic (exact) mass is 779 g/mol. The molecule has 302 valence electrons. The van der Waals surface area contributed by atoms with Gasteiger partial charge in [-0.05, 0) is 92.4 Å². The number of aryl methyl sites for hydroxylation is 1. The number of amides is 2. The molecule has 0 spiro atoms. The van der Waals surface area contributed by atoms with E-state index in [1.165, 1.54) is 24.4 Å². The summed E-state index contributed by atoms with van der Waals surface area (Å²) in [5.74, 6) is -0.784. The van der Waals surface area contributed by atoms with Gasteiger partial charge >= 0.3 is 6.18 Å². The highest BCUT2D eigenvalue weighted by atomic mass is 19.4. The molecule has 11 nitrogen and oxygen atoms in total. The first kappa shape index (κ1) is 43.9. The van der Waals surface area contributed by atoms with Crippen molar-refractivity contribution in [3.05, 3.63) is 113 Å². The van der Waals surface area contributed by atoms with Crippen LogP contribution in [0.3, 0.4) is 0 Å². The van der Waals surface area contributed by atoms with Crippen LogP contribution in [0.25, 0.3) is 11.3 Å². The van der Waals surface area contributed by atoms with Gasteiger partial charge in [-0.25, -0.2) is 0 Å². The first-order valence-electron chi connectivity index (χ1n) is 18.8. The number of halogens is 3. The van der Waals surface area contributed by atoms with Crippen LogP contribution in [0.2, 0.25) is 0 Å². The number of anilines is 2. The Balaban J connectivity index is 1.35. The number of benzene rings is 3. The number of alkyl halides is 3. The van der Waals surface area contributed by atoms with Crippen molar-refractivity contribution in [2.24, 2.45) is 5.73 Å². The van der Waals surface area contributed by atoms with Gasteiger partial charge < -0.3 is 40.2 Å². The quantitative estimate of drug-likeness (QED) is 0.0660. The van der Waals surface area contributed by atoms with Gasteiger partial charge in [0.25, 0.3) is 11.8 Å². The lowest BCUT2D eigenvalue weighted by atomic mass is 10.0. The zero-order valence-corrected chi connectivity index (χ0v) is 32.0. The van der Waals surface area contributed by atoms with Crippen LogP contribution in [-0.2, 0) is 38.1 Å². The largest absolute Gasteiger partial charge is 0.416 e. The normalized spacial score (nSPS) is 11.4. The molecule has 0 saturated carbocycles. The van der Waals surface area contributed by atoms with E-state index in [1.807, 2.05) is 50.2 Å². The number of nitrogens with one attached hydrogen (secondary N) is 2. The fourth-order valence-electron chi connectivity index (χ4n) is 5.79. The van der Waals surface area contributed by atoms with Gasteiger partial charge in [0.15, 0.2) is 0 Å². The lowest BCUT2D eigenvalue weighted by Gasteiger charge is -2.23. The summed E-state index contributed by atoms with van der Waals surface area (Å²) in [7, 11) is 0. The van der Waals surface area contributed by atoms with Crippen LogP contribution in [0.4, 0.5) is 24.5 Å². The van der Waals surface area contributed by atoms with Crippen molar-refractivity contribution >= 4 is 23.2 Å². The average molecular weight is 780 g/mol. The van der Waals surface area contributed by atoms with E-state index in [9.17, 15) is 22.8 Å². The lowest BCUT2D eigenvalue weighted by molar-refractivity contribution is -0.137. The third-order valence-electron chi connectivity index (χ3n) is 8.71. The third kappa shape index (κ3) is 14.3. The first-order chi connectivity index (χ1) is 27.1. The summed E-state index contributed by atoms with van der Waals surface area (Å²) < 4.78 is 61.5. The number of hydrogen-bond donors (Lipinski definition) is 3. The molecule has 0 saturated heterocycles. The number of hydrogen-bond acceptors (Lipinski definition) is 9. The molecule has 0 aliphatic rings. The van der Waals surface area contributed by atoms with Gasteiger partial charge in [-0.3, -0.25) is 14.6 Å². The van der Waals surface area contributed by atoms with Crippen LogP contribution < -0.4 is 21.3 Å². The highest BCUT2D eigenvalue weighted by Crippen LogP contribution is 2.33. The summed E-state index contributed by atoms with van der Waals surface area (Å²) in [6.45, 7) is 9.98. The smallest absolute Gasteiger partial charge is 0.379 e. The molecule has 0 aliphatic carbocycles. The topological polar surface area (TPSA) is 137 Å². The molecule has 0 fully saturated rings. The second-order valence-electron chi connectivity index (χ2n) is 12.7. The van der Waals surface area contributed by atoms with E-state index in [0.29, 0.717) is 87.5 Å². The van der Waals surface area contributed by atoms with Crippen LogP contribution in [0, 0.1) is 0 Å². The third-order valence-corrected chi connectivity index (χ3v) is 8.71. The second kappa shape index (κ2) is 23.3. The lowest BCUT2D eigenvalue weighted by Crippen LogP contribution is -2.23. The second-order valence-corrected chi connectivity index (χ2v) is 12.7. The van der Waals surface area contributed by atoms with E-state index in [-0.39, 0.29) is 18.0 Å². The van der Waals surface area contributed by atoms with E-state index in [2.05, 4.69) is 20.5 Å². The summed E-state index contributed by atoms with van der Waals surface area (Å²) in [5, 5.41) is 5.74. The van der Waals surface area contributed by atoms with Gasteiger partial charge in [-0.1, -0.05) is 24.3 Å². The summed E-state index contributed by atoms with van der Waals surface area (Å²) in [5.41, 5.74) is 9.11. The minimum absolute atomic E-state index is 0.0928. The predicted octanol–water partition coefficient (Wildman–Crippen LogP) is 6.75. The first-order valence-corrected chi connectivity index (χ1v) is 18.8. The van der Waals surface area contributed by atoms with Crippen molar-refractivity contribution in [2.75, 3.05) is 82.7 Å². The predicted molar refractivity (Wildman–Crippen MR) is 211 cm³/mol. The van der Waals surface area contributed by atoms with Crippen molar-refractivity contribution in [3.8, 4) is 11.3 Å². The summed E-state index contributed by atoms with van der Waals surface area (Å²) in [6.07, 6.45) is -1.51. The van der Waals surface area contributed by atoms with E-state index in [0.717, 1.165) is 49.3 Å². The number of pyridine rings is 1. The molecule has 14 heteroatoms. The van der Waals surface area contributed by atoms with Crippen molar-refractivity contribution in [1.29, 1.82) is 0 Å². The van der Waals surface area contributed by atoms with Crippen molar-refractivity contribution in [2.45, 2.75) is 39.4 Å². The SMILES string of the molecule is CCN(CC)c1ccc(NC(=O)c2cccc(CCCOCCOCCOCCOCCN)c2)c(-c2cc(C(=O)NCc3cccc(C(F)(F)F)c3)ccn2)c1. The number of nitrogens with two attached hydrogens (primary N) is 1. The molecule has 0 bridgehead atoms. The molecule has 0 radical (unpaired) electrons. The number of nitrogens with zero attached hydrogens (tertiary/aromatic N) is 2. The van der Waals surface area contributed by atoms with E-state index in [4.69, 9.17) is 24.7 Å². The van der Waals surface area contributed by atoms with Crippen LogP contribution in [0.1, 0.15) is 57.7 Å².